The van der Waals surface area contributed by atoms with Gasteiger partial charge in [0.2, 0.25) is 0 Å². The standard InChI is InChI=1S/C24H27N3O3/c1-18-16-22(28)23(24(29)26-14-15-30-2)21(9-8-19-6-4-3-5-7-19)27(18)17-20-10-12-25-13-11-20/h3-7,10-13,16H,8-9,14-15,17H2,1-2H3,(H,26,29). The number of carbonyl (C=O) groups is 1. The Labute approximate surface area is 176 Å². The number of methoxy groups -OCH3 is 1. The normalized spacial score (nSPS) is 10.7. The molecule has 0 saturated carbocycles. The zero-order valence-electron chi connectivity index (χ0n) is 17.4. The van der Waals surface area contributed by atoms with Crippen LogP contribution >= 0.6 is 0 Å². The highest BCUT2D eigenvalue weighted by atomic mass is 16.5. The van der Waals surface area contributed by atoms with E-state index >= 15 is 0 Å². The van der Waals surface area contributed by atoms with Gasteiger partial charge in [-0.3, -0.25) is 14.6 Å². The van der Waals surface area contributed by atoms with Gasteiger partial charge in [-0.15, -0.1) is 0 Å². The molecule has 0 saturated heterocycles. The van der Waals surface area contributed by atoms with Gasteiger partial charge < -0.3 is 14.6 Å². The van der Waals surface area contributed by atoms with E-state index in [0.717, 1.165) is 28.9 Å². The van der Waals surface area contributed by atoms with E-state index in [0.29, 0.717) is 26.1 Å². The highest BCUT2D eigenvalue weighted by Gasteiger charge is 2.20. The summed E-state index contributed by atoms with van der Waals surface area (Å²) in [6.07, 6.45) is 4.81. The van der Waals surface area contributed by atoms with Crippen molar-refractivity contribution in [2.24, 2.45) is 0 Å². The number of pyridine rings is 2. The quantitative estimate of drug-likeness (QED) is 0.556. The van der Waals surface area contributed by atoms with Crippen molar-refractivity contribution in [2.75, 3.05) is 20.3 Å². The second kappa shape index (κ2) is 10.5. The minimum atomic E-state index is -0.358. The fourth-order valence-electron chi connectivity index (χ4n) is 3.49. The summed E-state index contributed by atoms with van der Waals surface area (Å²) in [6.45, 7) is 3.21. The summed E-state index contributed by atoms with van der Waals surface area (Å²) >= 11 is 0. The molecule has 0 aliphatic carbocycles. The van der Waals surface area contributed by atoms with Gasteiger partial charge in [-0.1, -0.05) is 30.3 Å². The maximum atomic E-state index is 12.9. The molecule has 6 heteroatoms. The number of ether oxygens (including phenoxy) is 1. The topological polar surface area (TPSA) is 73.2 Å². The zero-order chi connectivity index (χ0) is 21.3. The van der Waals surface area contributed by atoms with Crippen molar-refractivity contribution in [2.45, 2.75) is 26.3 Å². The third-order valence-electron chi connectivity index (χ3n) is 5.03. The van der Waals surface area contributed by atoms with Crippen LogP contribution in [-0.2, 0) is 24.1 Å². The van der Waals surface area contributed by atoms with Gasteiger partial charge in [0.15, 0.2) is 5.43 Å². The predicted molar refractivity (Wildman–Crippen MR) is 117 cm³/mol. The van der Waals surface area contributed by atoms with Gasteiger partial charge in [0.1, 0.15) is 5.56 Å². The van der Waals surface area contributed by atoms with Crippen molar-refractivity contribution >= 4 is 5.91 Å². The maximum absolute atomic E-state index is 12.9. The molecule has 6 nitrogen and oxygen atoms in total. The van der Waals surface area contributed by atoms with Crippen LogP contribution in [0.2, 0.25) is 0 Å². The summed E-state index contributed by atoms with van der Waals surface area (Å²) in [7, 11) is 1.57. The van der Waals surface area contributed by atoms with E-state index in [1.54, 1.807) is 25.6 Å². The minimum Gasteiger partial charge on any atom is -0.383 e. The molecule has 1 N–H and O–H groups in total. The molecule has 2 aromatic heterocycles. The number of carbonyl (C=O) groups excluding carboxylic acids is 1. The van der Waals surface area contributed by atoms with Crippen LogP contribution in [0.25, 0.3) is 0 Å². The molecule has 0 aliphatic heterocycles. The first-order valence-electron chi connectivity index (χ1n) is 10.0. The molecule has 30 heavy (non-hydrogen) atoms. The van der Waals surface area contributed by atoms with E-state index < -0.39 is 0 Å². The Balaban J connectivity index is 2.01. The average Bonchev–Trinajstić information content (AvgIpc) is 2.76. The van der Waals surface area contributed by atoms with Crippen molar-refractivity contribution in [3.63, 3.8) is 0 Å². The molecule has 156 valence electrons. The van der Waals surface area contributed by atoms with Crippen LogP contribution in [0.5, 0.6) is 0 Å². The number of amides is 1. The Hall–Kier alpha value is -3.25. The van der Waals surface area contributed by atoms with Crippen LogP contribution in [0.1, 0.15) is 32.9 Å². The molecule has 0 fully saturated rings. The lowest BCUT2D eigenvalue weighted by Crippen LogP contribution is -2.34. The van der Waals surface area contributed by atoms with Gasteiger partial charge in [-0.25, -0.2) is 0 Å². The Kier molecular flexibility index (Phi) is 7.51. The smallest absolute Gasteiger partial charge is 0.257 e. The summed E-state index contributed by atoms with van der Waals surface area (Å²) in [5.41, 5.74) is 3.75. The first kappa shape index (κ1) is 21.5. The molecule has 0 spiro atoms. The molecule has 1 amide bonds. The minimum absolute atomic E-state index is 0.210. The Morgan fingerprint density at radius 1 is 1.07 bits per heavy atom. The number of benzene rings is 1. The van der Waals surface area contributed by atoms with Crippen LogP contribution in [0.4, 0.5) is 0 Å². The van der Waals surface area contributed by atoms with Crippen LogP contribution < -0.4 is 10.7 Å². The summed E-state index contributed by atoms with van der Waals surface area (Å²) in [4.78, 5) is 29.8. The number of rotatable bonds is 9. The lowest BCUT2D eigenvalue weighted by molar-refractivity contribution is 0.0934. The van der Waals surface area contributed by atoms with Gasteiger partial charge in [-0.05, 0) is 43.0 Å². The summed E-state index contributed by atoms with van der Waals surface area (Å²) in [5.74, 6) is -0.358. The molecule has 3 aromatic rings. The zero-order valence-corrected chi connectivity index (χ0v) is 17.4. The highest BCUT2D eigenvalue weighted by Crippen LogP contribution is 2.15. The Bertz CT molecular complexity index is 1030. The number of aryl methyl sites for hydroxylation is 2. The van der Waals surface area contributed by atoms with Gasteiger partial charge >= 0.3 is 0 Å². The van der Waals surface area contributed by atoms with Crippen LogP contribution in [-0.4, -0.2) is 35.7 Å². The van der Waals surface area contributed by atoms with E-state index in [-0.39, 0.29) is 16.9 Å². The molecular formula is C24H27N3O3. The highest BCUT2D eigenvalue weighted by molar-refractivity contribution is 5.95. The number of hydrogen-bond acceptors (Lipinski definition) is 4. The fourth-order valence-corrected chi connectivity index (χ4v) is 3.49. The third kappa shape index (κ3) is 5.42. The molecular weight excluding hydrogens is 378 g/mol. The molecule has 0 atom stereocenters. The largest absolute Gasteiger partial charge is 0.383 e. The average molecular weight is 405 g/mol. The SMILES string of the molecule is COCCNC(=O)c1c(CCc2ccccc2)n(Cc2ccncc2)c(C)cc1=O. The van der Waals surface area contributed by atoms with Gasteiger partial charge in [0.25, 0.3) is 5.91 Å². The Morgan fingerprint density at radius 2 is 1.80 bits per heavy atom. The second-order valence-electron chi connectivity index (χ2n) is 7.15. The Morgan fingerprint density at radius 3 is 2.50 bits per heavy atom. The van der Waals surface area contributed by atoms with Gasteiger partial charge in [0, 0.05) is 50.0 Å². The first-order chi connectivity index (χ1) is 14.6. The molecule has 3 rings (SSSR count). The van der Waals surface area contributed by atoms with E-state index in [9.17, 15) is 9.59 Å². The number of hydrogen-bond donors (Lipinski definition) is 1. The molecule has 2 heterocycles. The van der Waals surface area contributed by atoms with Crippen LogP contribution in [0, 0.1) is 6.92 Å². The molecule has 1 aromatic carbocycles. The van der Waals surface area contributed by atoms with E-state index in [2.05, 4.69) is 27.0 Å². The van der Waals surface area contributed by atoms with Crippen molar-refractivity contribution in [1.29, 1.82) is 0 Å². The molecule has 0 bridgehead atoms. The van der Waals surface area contributed by atoms with Gasteiger partial charge in [-0.2, -0.15) is 0 Å². The van der Waals surface area contributed by atoms with Crippen LogP contribution in [0.3, 0.4) is 0 Å². The number of nitrogens with zero attached hydrogens (tertiary/aromatic N) is 2. The van der Waals surface area contributed by atoms with E-state index in [4.69, 9.17) is 4.74 Å². The predicted octanol–water partition coefficient (Wildman–Crippen LogP) is 2.76. The number of aromatic nitrogens is 2. The van der Waals surface area contributed by atoms with Crippen molar-refractivity contribution in [1.82, 2.24) is 14.9 Å². The monoisotopic (exact) mass is 405 g/mol. The molecule has 0 aliphatic rings. The molecule has 0 unspecified atom stereocenters. The van der Waals surface area contributed by atoms with E-state index in [1.165, 1.54) is 0 Å². The fraction of sp³-hybridized carbons (Fsp3) is 0.292. The lowest BCUT2D eigenvalue weighted by atomic mass is 10.0. The second-order valence-corrected chi connectivity index (χ2v) is 7.15. The molecule has 0 radical (unpaired) electrons. The summed E-state index contributed by atoms with van der Waals surface area (Å²) in [6, 6.07) is 15.5. The number of nitrogens with one attached hydrogen (secondary N) is 1. The van der Waals surface area contributed by atoms with Gasteiger partial charge in [0.05, 0.1) is 6.61 Å². The van der Waals surface area contributed by atoms with Crippen LogP contribution in [0.15, 0.2) is 65.7 Å². The maximum Gasteiger partial charge on any atom is 0.257 e. The van der Waals surface area contributed by atoms with E-state index in [1.807, 2.05) is 37.3 Å². The first-order valence-corrected chi connectivity index (χ1v) is 10.0. The van der Waals surface area contributed by atoms with Crippen molar-refractivity contribution < 1.29 is 9.53 Å². The summed E-state index contributed by atoms with van der Waals surface area (Å²) < 4.78 is 7.07. The lowest BCUT2D eigenvalue weighted by Gasteiger charge is -2.20. The summed E-state index contributed by atoms with van der Waals surface area (Å²) in [5, 5.41) is 2.80. The van der Waals surface area contributed by atoms with Crippen molar-refractivity contribution in [3.05, 3.63) is 99.2 Å². The third-order valence-corrected chi connectivity index (χ3v) is 5.03. The van der Waals surface area contributed by atoms with Crippen molar-refractivity contribution in [3.8, 4) is 0 Å².